The van der Waals surface area contributed by atoms with E-state index in [-0.39, 0.29) is 5.56 Å². The van der Waals surface area contributed by atoms with Crippen LogP contribution in [-0.2, 0) is 10.9 Å². The van der Waals surface area contributed by atoms with Gasteiger partial charge in [0, 0.05) is 17.1 Å². The zero-order chi connectivity index (χ0) is 18.2. The van der Waals surface area contributed by atoms with Gasteiger partial charge in [-0.15, -0.1) is 0 Å². The van der Waals surface area contributed by atoms with Gasteiger partial charge in [0.15, 0.2) is 0 Å². The van der Waals surface area contributed by atoms with Crippen LogP contribution in [-0.4, -0.2) is 23.6 Å². The van der Waals surface area contributed by atoms with Gasteiger partial charge in [0.25, 0.3) is 5.91 Å². The van der Waals surface area contributed by atoms with Gasteiger partial charge in [-0.3, -0.25) is 9.36 Å². The molecule has 25 heavy (non-hydrogen) atoms. The summed E-state index contributed by atoms with van der Waals surface area (Å²) < 4.78 is 43.8. The number of hydrogen-bond donors (Lipinski definition) is 0. The molecule has 1 aromatic heterocycles. The highest BCUT2D eigenvalue weighted by Gasteiger charge is 2.30. The lowest BCUT2D eigenvalue weighted by molar-refractivity contribution is -0.137. The fourth-order valence-electron chi connectivity index (χ4n) is 2.51. The Balaban J connectivity index is 1.96. The van der Waals surface area contributed by atoms with Crippen molar-refractivity contribution in [2.45, 2.75) is 6.18 Å². The number of ether oxygens (including phenoxy) is 1. The molecule has 3 aromatic rings. The van der Waals surface area contributed by atoms with Crippen molar-refractivity contribution in [2.75, 3.05) is 7.11 Å². The van der Waals surface area contributed by atoms with E-state index in [2.05, 4.69) is 4.74 Å². The van der Waals surface area contributed by atoms with Crippen molar-refractivity contribution >= 4 is 22.8 Å². The fourth-order valence-corrected chi connectivity index (χ4v) is 2.51. The molecule has 0 aliphatic carbocycles. The molecule has 3 rings (SSSR count). The molecule has 128 valence electrons. The van der Waals surface area contributed by atoms with E-state index in [4.69, 9.17) is 0 Å². The van der Waals surface area contributed by atoms with Crippen LogP contribution >= 0.6 is 0 Å². The van der Waals surface area contributed by atoms with E-state index in [1.165, 1.54) is 23.9 Å². The number of carbonyl (C=O) groups excluding carboxylic acids is 2. The van der Waals surface area contributed by atoms with Gasteiger partial charge in [-0.2, -0.15) is 13.2 Å². The Labute approximate surface area is 140 Å². The summed E-state index contributed by atoms with van der Waals surface area (Å²) in [7, 11) is 1.27. The molecule has 2 aromatic carbocycles. The topological polar surface area (TPSA) is 48.3 Å². The zero-order valence-corrected chi connectivity index (χ0v) is 13.0. The van der Waals surface area contributed by atoms with E-state index >= 15 is 0 Å². The molecule has 0 aliphatic rings. The standard InChI is InChI=1S/C18H12F3NO3/c1-25-17(24)13-4-7-15-12(10-13)8-9-22(15)16(23)11-2-5-14(6-3-11)18(19,20)21/h2-10H,1H3. The summed E-state index contributed by atoms with van der Waals surface area (Å²) in [5.74, 6) is -0.960. The van der Waals surface area contributed by atoms with Crippen LogP contribution in [0, 0.1) is 0 Å². The Morgan fingerprint density at radius 1 is 0.960 bits per heavy atom. The molecule has 0 saturated carbocycles. The van der Waals surface area contributed by atoms with Crippen molar-refractivity contribution in [1.29, 1.82) is 0 Å². The number of carbonyl (C=O) groups is 2. The summed E-state index contributed by atoms with van der Waals surface area (Å²) in [5.41, 5.74) is 0.193. The molecule has 1 heterocycles. The maximum Gasteiger partial charge on any atom is 0.416 e. The average molecular weight is 347 g/mol. The molecule has 0 bridgehead atoms. The van der Waals surface area contributed by atoms with Crippen molar-refractivity contribution in [2.24, 2.45) is 0 Å². The first-order chi connectivity index (χ1) is 11.8. The number of alkyl halides is 3. The molecule has 0 atom stereocenters. The second kappa shape index (κ2) is 6.08. The Morgan fingerprint density at radius 3 is 2.20 bits per heavy atom. The van der Waals surface area contributed by atoms with Gasteiger partial charge in [0.1, 0.15) is 0 Å². The average Bonchev–Trinajstić information content (AvgIpc) is 3.02. The minimum absolute atomic E-state index is 0.127. The Bertz CT molecular complexity index is 956. The molecule has 7 heteroatoms. The molecule has 0 saturated heterocycles. The van der Waals surface area contributed by atoms with Gasteiger partial charge in [0.05, 0.1) is 23.8 Å². The third kappa shape index (κ3) is 3.13. The predicted molar refractivity (Wildman–Crippen MR) is 84.5 cm³/mol. The van der Waals surface area contributed by atoms with Crippen molar-refractivity contribution in [1.82, 2.24) is 4.57 Å². The maximum atomic E-state index is 12.6. The Hall–Kier alpha value is -3.09. The Morgan fingerprint density at radius 2 is 1.60 bits per heavy atom. The molecule has 0 aliphatic heterocycles. The first-order valence-electron chi connectivity index (χ1n) is 7.22. The van der Waals surface area contributed by atoms with Crippen LogP contribution in [0.5, 0.6) is 0 Å². The second-order valence-corrected chi connectivity index (χ2v) is 5.33. The van der Waals surface area contributed by atoms with Crippen LogP contribution in [0.15, 0.2) is 54.7 Å². The van der Waals surface area contributed by atoms with Gasteiger partial charge in [-0.1, -0.05) is 0 Å². The molecule has 0 radical (unpaired) electrons. The number of halogens is 3. The first-order valence-corrected chi connectivity index (χ1v) is 7.22. The number of fused-ring (bicyclic) bond motifs is 1. The van der Waals surface area contributed by atoms with Gasteiger partial charge in [0.2, 0.25) is 0 Å². The zero-order valence-electron chi connectivity index (χ0n) is 13.0. The number of nitrogens with zero attached hydrogens (tertiary/aromatic N) is 1. The van der Waals surface area contributed by atoms with E-state index in [1.807, 2.05) is 0 Å². The third-order valence-corrected chi connectivity index (χ3v) is 3.79. The van der Waals surface area contributed by atoms with Crippen LogP contribution in [0.25, 0.3) is 10.9 Å². The molecule has 0 unspecified atom stereocenters. The molecule has 0 N–H and O–H groups in total. The highest BCUT2D eigenvalue weighted by molar-refractivity contribution is 6.03. The number of methoxy groups -OCH3 is 1. The largest absolute Gasteiger partial charge is 0.465 e. The highest BCUT2D eigenvalue weighted by atomic mass is 19.4. The predicted octanol–water partition coefficient (Wildman–Crippen LogP) is 4.14. The van der Waals surface area contributed by atoms with Crippen molar-refractivity contribution < 1.29 is 27.5 Å². The molecule has 0 fully saturated rings. The molecule has 0 amide bonds. The highest BCUT2D eigenvalue weighted by Crippen LogP contribution is 2.29. The van der Waals surface area contributed by atoms with Gasteiger partial charge in [-0.05, 0) is 48.5 Å². The summed E-state index contributed by atoms with van der Waals surface area (Å²) in [6.45, 7) is 0. The van der Waals surface area contributed by atoms with Crippen molar-refractivity contribution in [3.8, 4) is 0 Å². The van der Waals surface area contributed by atoms with Crippen LogP contribution in [0.2, 0.25) is 0 Å². The monoisotopic (exact) mass is 347 g/mol. The quantitative estimate of drug-likeness (QED) is 0.655. The molecular formula is C18H12F3NO3. The third-order valence-electron chi connectivity index (χ3n) is 3.79. The summed E-state index contributed by atoms with van der Waals surface area (Å²) in [6, 6.07) is 10.3. The van der Waals surface area contributed by atoms with E-state index < -0.39 is 23.6 Å². The maximum absolute atomic E-state index is 12.6. The minimum Gasteiger partial charge on any atom is -0.465 e. The van der Waals surface area contributed by atoms with E-state index in [9.17, 15) is 22.8 Å². The van der Waals surface area contributed by atoms with Gasteiger partial charge < -0.3 is 4.74 Å². The van der Waals surface area contributed by atoms with Crippen LogP contribution in [0.3, 0.4) is 0 Å². The SMILES string of the molecule is COC(=O)c1ccc2c(ccn2C(=O)c2ccc(C(F)(F)F)cc2)c1. The van der Waals surface area contributed by atoms with Crippen LogP contribution < -0.4 is 0 Å². The lowest BCUT2D eigenvalue weighted by Crippen LogP contribution is -2.12. The Kier molecular flexibility index (Phi) is 4.08. The summed E-state index contributed by atoms with van der Waals surface area (Å²) in [6.07, 6.45) is -2.95. The molecule has 0 spiro atoms. The normalized spacial score (nSPS) is 11.5. The van der Waals surface area contributed by atoms with Crippen molar-refractivity contribution in [3.05, 3.63) is 71.4 Å². The van der Waals surface area contributed by atoms with Crippen LogP contribution in [0.4, 0.5) is 13.2 Å². The second-order valence-electron chi connectivity index (χ2n) is 5.33. The van der Waals surface area contributed by atoms with Crippen LogP contribution in [0.1, 0.15) is 26.3 Å². The fraction of sp³-hybridized carbons (Fsp3) is 0.111. The first kappa shape index (κ1) is 16.8. The lowest BCUT2D eigenvalue weighted by atomic mass is 10.1. The number of rotatable bonds is 2. The smallest absolute Gasteiger partial charge is 0.416 e. The summed E-state index contributed by atoms with van der Waals surface area (Å²) in [4.78, 5) is 24.1. The van der Waals surface area contributed by atoms with Crippen molar-refractivity contribution in [3.63, 3.8) is 0 Å². The molecule has 4 nitrogen and oxygen atoms in total. The minimum atomic E-state index is -4.45. The number of benzene rings is 2. The van der Waals surface area contributed by atoms with E-state index in [1.54, 1.807) is 18.2 Å². The summed E-state index contributed by atoms with van der Waals surface area (Å²) >= 11 is 0. The number of hydrogen-bond acceptors (Lipinski definition) is 3. The number of esters is 1. The number of aromatic nitrogens is 1. The molecular weight excluding hydrogens is 335 g/mol. The van der Waals surface area contributed by atoms with Gasteiger partial charge in [-0.25, -0.2) is 4.79 Å². The van der Waals surface area contributed by atoms with Gasteiger partial charge >= 0.3 is 12.1 Å². The summed E-state index contributed by atoms with van der Waals surface area (Å²) in [5, 5.41) is 0.642. The van der Waals surface area contributed by atoms with E-state index in [0.29, 0.717) is 16.5 Å². The lowest BCUT2D eigenvalue weighted by Gasteiger charge is -2.08. The van der Waals surface area contributed by atoms with E-state index in [0.717, 1.165) is 24.3 Å².